The molecule has 1 rings (SSSR count). The Morgan fingerprint density at radius 2 is 1.76 bits per heavy atom. The van der Waals surface area contributed by atoms with Crippen LogP contribution in [0.3, 0.4) is 0 Å². The van der Waals surface area contributed by atoms with E-state index in [1.165, 1.54) is 19.1 Å². The van der Waals surface area contributed by atoms with Crippen LogP contribution in [0.5, 0.6) is 0 Å². The van der Waals surface area contributed by atoms with Crippen LogP contribution in [0.2, 0.25) is 0 Å². The van der Waals surface area contributed by atoms with Crippen molar-refractivity contribution in [2.24, 2.45) is 0 Å². The second-order valence-corrected chi connectivity index (χ2v) is 4.68. The molecule has 1 atom stereocenters. The van der Waals surface area contributed by atoms with Crippen molar-refractivity contribution in [2.45, 2.75) is 19.3 Å². The van der Waals surface area contributed by atoms with Crippen molar-refractivity contribution in [1.29, 1.82) is 0 Å². The normalized spacial score (nSPS) is 12.0. The molecule has 0 radical (unpaired) electrons. The van der Waals surface area contributed by atoms with Gasteiger partial charge in [-0.2, -0.15) is 0 Å². The number of amides is 2. The van der Waals surface area contributed by atoms with E-state index in [2.05, 4.69) is 5.32 Å². The van der Waals surface area contributed by atoms with E-state index in [9.17, 15) is 9.59 Å². The zero-order valence-corrected chi connectivity index (χ0v) is 12.8. The molecule has 2 amide bonds. The first-order valence-electron chi connectivity index (χ1n) is 6.66. The summed E-state index contributed by atoms with van der Waals surface area (Å²) in [6, 6.07) is 8.14. The molecule has 1 unspecified atom stereocenters. The Hall–Kier alpha value is -1.92. The van der Waals surface area contributed by atoms with Gasteiger partial charge in [-0.25, -0.2) is 0 Å². The molecule has 0 bridgehead atoms. The molecule has 0 spiro atoms. The van der Waals surface area contributed by atoms with Gasteiger partial charge < -0.3 is 19.7 Å². The predicted octanol–water partition coefficient (Wildman–Crippen LogP) is 0.882. The molecule has 0 aromatic heterocycles. The van der Waals surface area contributed by atoms with Gasteiger partial charge in [0.2, 0.25) is 5.91 Å². The summed E-state index contributed by atoms with van der Waals surface area (Å²) in [5, 5.41) is 2.67. The highest BCUT2D eigenvalue weighted by Crippen LogP contribution is 2.02. The van der Waals surface area contributed by atoms with Gasteiger partial charge in [-0.1, -0.05) is 18.2 Å². The highest BCUT2D eigenvalue weighted by atomic mass is 16.7. The molecule has 0 saturated carbocycles. The van der Waals surface area contributed by atoms with E-state index in [1.807, 2.05) is 6.07 Å². The van der Waals surface area contributed by atoms with Crippen LogP contribution in [0.1, 0.15) is 17.3 Å². The minimum atomic E-state index is -0.628. The number of carbonyl (C=O) groups excluding carboxylic acids is 2. The summed E-state index contributed by atoms with van der Waals surface area (Å²) in [6.07, 6.45) is -0.490. The first-order chi connectivity index (χ1) is 9.99. The molecule has 0 fully saturated rings. The van der Waals surface area contributed by atoms with Gasteiger partial charge in [0.25, 0.3) is 5.91 Å². The molecular weight excluding hydrogens is 272 g/mol. The number of rotatable bonds is 7. The highest BCUT2D eigenvalue weighted by Gasteiger charge is 2.22. The summed E-state index contributed by atoms with van der Waals surface area (Å²) in [5.41, 5.74) is 0.520. The van der Waals surface area contributed by atoms with Gasteiger partial charge in [0.1, 0.15) is 6.04 Å². The predicted molar refractivity (Wildman–Crippen MR) is 78.8 cm³/mol. The minimum absolute atomic E-state index is 0.210. The Morgan fingerprint density at radius 1 is 1.19 bits per heavy atom. The van der Waals surface area contributed by atoms with Crippen molar-refractivity contribution in [1.82, 2.24) is 10.2 Å². The Kier molecular flexibility index (Phi) is 6.84. The molecular formula is C15H22N2O4. The van der Waals surface area contributed by atoms with Gasteiger partial charge in [0.05, 0.1) is 6.54 Å². The Labute approximate surface area is 125 Å². The van der Waals surface area contributed by atoms with Crippen molar-refractivity contribution in [3.05, 3.63) is 35.9 Å². The third-order valence-corrected chi connectivity index (χ3v) is 3.08. The lowest BCUT2D eigenvalue weighted by Gasteiger charge is -2.25. The number of nitrogens with one attached hydrogen (secondary N) is 1. The molecule has 6 nitrogen and oxygen atoms in total. The smallest absolute Gasteiger partial charge is 0.251 e. The summed E-state index contributed by atoms with van der Waals surface area (Å²) in [6.45, 7) is 1.94. The van der Waals surface area contributed by atoms with Crippen molar-refractivity contribution in [3.8, 4) is 0 Å². The van der Waals surface area contributed by atoms with Crippen LogP contribution in [0, 0.1) is 0 Å². The lowest BCUT2D eigenvalue weighted by atomic mass is 10.2. The van der Waals surface area contributed by atoms with Crippen LogP contribution in [-0.2, 0) is 14.3 Å². The van der Waals surface area contributed by atoms with E-state index in [1.54, 1.807) is 38.2 Å². The van der Waals surface area contributed by atoms with Crippen molar-refractivity contribution in [2.75, 3.05) is 27.8 Å². The Bertz CT molecular complexity index is 460. The van der Waals surface area contributed by atoms with E-state index < -0.39 is 12.3 Å². The number of hydrogen-bond donors (Lipinski definition) is 1. The second kappa shape index (κ2) is 8.39. The lowest BCUT2D eigenvalue weighted by molar-refractivity contribution is -0.144. The average Bonchev–Trinajstić information content (AvgIpc) is 2.52. The van der Waals surface area contributed by atoms with Gasteiger partial charge >= 0.3 is 0 Å². The number of benzene rings is 1. The monoisotopic (exact) mass is 294 g/mol. The standard InChI is InChI=1S/C15H22N2O4/c1-11(15(19)17(2)10-13(20-3)21-4)16-14(18)12-8-6-5-7-9-12/h5-9,11,13H,10H2,1-4H3,(H,16,18). The van der Waals surface area contributed by atoms with Crippen LogP contribution in [0.4, 0.5) is 0 Å². The molecule has 21 heavy (non-hydrogen) atoms. The summed E-state index contributed by atoms with van der Waals surface area (Å²) < 4.78 is 10.1. The van der Waals surface area contributed by atoms with E-state index >= 15 is 0 Å². The number of hydrogen-bond acceptors (Lipinski definition) is 4. The van der Waals surface area contributed by atoms with Gasteiger partial charge in [-0.05, 0) is 19.1 Å². The number of carbonyl (C=O) groups is 2. The van der Waals surface area contributed by atoms with Crippen LogP contribution in [-0.4, -0.2) is 56.9 Å². The SMILES string of the molecule is COC(CN(C)C(=O)C(C)NC(=O)c1ccccc1)OC. The third kappa shape index (κ3) is 5.17. The maximum Gasteiger partial charge on any atom is 0.251 e. The van der Waals surface area contributed by atoms with Crippen LogP contribution >= 0.6 is 0 Å². The Balaban J connectivity index is 2.56. The fourth-order valence-corrected chi connectivity index (χ4v) is 1.82. The number of likely N-dealkylation sites (N-methyl/N-ethyl adjacent to an activating group) is 1. The van der Waals surface area contributed by atoms with E-state index in [0.717, 1.165) is 0 Å². The fourth-order valence-electron chi connectivity index (χ4n) is 1.82. The molecule has 116 valence electrons. The van der Waals surface area contributed by atoms with Crippen molar-refractivity contribution in [3.63, 3.8) is 0 Å². The molecule has 0 aliphatic carbocycles. The van der Waals surface area contributed by atoms with Gasteiger partial charge in [0.15, 0.2) is 6.29 Å². The summed E-state index contributed by atoms with van der Waals surface area (Å²) in [4.78, 5) is 25.6. The second-order valence-electron chi connectivity index (χ2n) is 4.68. The topological polar surface area (TPSA) is 67.9 Å². The summed E-state index contributed by atoms with van der Waals surface area (Å²) >= 11 is 0. The quantitative estimate of drug-likeness (QED) is 0.758. The fraction of sp³-hybridized carbons (Fsp3) is 0.467. The number of methoxy groups -OCH3 is 2. The molecule has 0 aliphatic rings. The summed E-state index contributed by atoms with van der Waals surface area (Å²) in [7, 11) is 4.65. The van der Waals surface area contributed by atoms with Gasteiger partial charge in [-0.3, -0.25) is 9.59 Å². The van der Waals surface area contributed by atoms with Crippen LogP contribution in [0.25, 0.3) is 0 Å². The zero-order valence-electron chi connectivity index (χ0n) is 12.8. The van der Waals surface area contributed by atoms with Crippen molar-refractivity contribution >= 4 is 11.8 Å². The molecule has 0 heterocycles. The molecule has 1 aromatic carbocycles. The zero-order chi connectivity index (χ0) is 15.8. The van der Waals surface area contributed by atoms with E-state index in [0.29, 0.717) is 5.56 Å². The molecule has 0 aliphatic heterocycles. The largest absolute Gasteiger partial charge is 0.354 e. The first kappa shape index (κ1) is 17.1. The maximum absolute atomic E-state index is 12.2. The van der Waals surface area contributed by atoms with Crippen LogP contribution in [0.15, 0.2) is 30.3 Å². The summed E-state index contributed by atoms with van der Waals surface area (Å²) in [5.74, 6) is -0.488. The molecule has 0 saturated heterocycles. The molecule has 1 aromatic rings. The number of nitrogens with zero attached hydrogens (tertiary/aromatic N) is 1. The first-order valence-corrected chi connectivity index (χ1v) is 6.66. The maximum atomic E-state index is 12.2. The molecule has 6 heteroatoms. The average molecular weight is 294 g/mol. The van der Waals surface area contributed by atoms with Crippen molar-refractivity contribution < 1.29 is 19.1 Å². The van der Waals surface area contributed by atoms with E-state index in [-0.39, 0.29) is 18.4 Å². The van der Waals surface area contributed by atoms with Crippen LogP contribution < -0.4 is 5.32 Å². The van der Waals surface area contributed by atoms with E-state index in [4.69, 9.17) is 9.47 Å². The Morgan fingerprint density at radius 3 is 2.29 bits per heavy atom. The minimum Gasteiger partial charge on any atom is -0.354 e. The highest BCUT2D eigenvalue weighted by molar-refractivity contribution is 5.97. The lowest BCUT2D eigenvalue weighted by Crippen LogP contribution is -2.47. The number of ether oxygens (including phenoxy) is 2. The van der Waals surface area contributed by atoms with Gasteiger partial charge in [0, 0.05) is 26.8 Å². The van der Waals surface area contributed by atoms with Gasteiger partial charge in [-0.15, -0.1) is 0 Å². The third-order valence-electron chi connectivity index (χ3n) is 3.08. The molecule has 1 N–H and O–H groups in total.